The number of amides is 1. The van der Waals surface area contributed by atoms with Gasteiger partial charge in [-0.3, -0.25) is 4.79 Å². The van der Waals surface area contributed by atoms with Crippen molar-refractivity contribution in [2.24, 2.45) is 5.73 Å². The first-order chi connectivity index (χ1) is 6.97. The summed E-state index contributed by atoms with van der Waals surface area (Å²) >= 11 is 0. The molecule has 1 saturated heterocycles. The van der Waals surface area contributed by atoms with E-state index in [1.165, 1.54) is 0 Å². The topological polar surface area (TPSA) is 55.6 Å². The Kier molecular flexibility index (Phi) is 4.11. The Hall–Kier alpha value is -0.610. The smallest absolute Gasteiger partial charge is 0.242 e. The molecule has 2 unspecified atom stereocenters. The van der Waals surface area contributed by atoms with Gasteiger partial charge in [-0.25, -0.2) is 0 Å². The first-order valence-corrected chi connectivity index (χ1v) is 5.67. The van der Waals surface area contributed by atoms with Crippen molar-refractivity contribution in [3.05, 3.63) is 0 Å². The molecular formula is C11H22N2O2. The molecule has 1 rings (SSSR count). The lowest BCUT2D eigenvalue weighted by Crippen LogP contribution is -2.54. The van der Waals surface area contributed by atoms with Crippen LogP contribution >= 0.6 is 0 Å². The molecule has 0 bridgehead atoms. The second-order valence-electron chi connectivity index (χ2n) is 4.56. The van der Waals surface area contributed by atoms with E-state index in [1.807, 2.05) is 18.7 Å². The van der Waals surface area contributed by atoms with Crippen LogP contribution in [-0.2, 0) is 9.53 Å². The number of ether oxygens (including phenoxy) is 1. The van der Waals surface area contributed by atoms with Crippen molar-refractivity contribution in [2.75, 3.05) is 19.7 Å². The number of nitrogens with two attached hydrogens (primary N) is 1. The first kappa shape index (κ1) is 12.5. The van der Waals surface area contributed by atoms with Crippen molar-refractivity contribution < 1.29 is 9.53 Å². The third-order valence-corrected chi connectivity index (χ3v) is 2.96. The van der Waals surface area contributed by atoms with Gasteiger partial charge in [0.25, 0.3) is 0 Å². The zero-order valence-electron chi connectivity index (χ0n) is 9.95. The lowest BCUT2D eigenvalue weighted by molar-refractivity contribution is -0.137. The molecule has 4 heteroatoms. The second kappa shape index (κ2) is 4.94. The molecule has 4 nitrogen and oxygen atoms in total. The van der Waals surface area contributed by atoms with E-state index >= 15 is 0 Å². The van der Waals surface area contributed by atoms with E-state index in [1.54, 1.807) is 6.92 Å². The first-order valence-electron chi connectivity index (χ1n) is 5.67. The maximum absolute atomic E-state index is 12.1. The van der Waals surface area contributed by atoms with Crippen molar-refractivity contribution in [3.63, 3.8) is 0 Å². The molecule has 0 radical (unpaired) electrons. The quantitative estimate of drug-likeness (QED) is 0.738. The Morgan fingerprint density at radius 2 is 2.33 bits per heavy atom. The summed E-state index contributed by atoms with van der Waals surface area (Å²) in [7, 11) is 0. The molecular weight excluding hydrogens is 192 g/mol. The second-order valence-corrected chi connectivity index (χ2v) is 4.56. The highest BCUT2D eigenvalue weighted by molar-refractivity contribution is 5.85. The van der Waals surface area contributed by atoms with Crippen LogP contribution in [0, 0.1) is 0 Å². The average Bonchev–Trinajstić information content (AvgIpc) is 2.41. The highest BCUT2D eigenvalue weighted by Gasteiger charge is 2.32. The van der Waals surface area contributed by atoms with E-state index in [9.17, 15) is 4.79 Å². The fraction of sp³-hybridized carbons (Fsp3) is 0.909. The Morgan fingerprint density at radius 1 is 1.67 bits per heavy atom. The fourth-order valence-electron chi connectivity index (χ4n) is 1.69. The number of hydrogen-bond donors (Lipinski definition) is 1. The van der Waals surface area contributed by atoms with Gasteiger partial charge >= 0.3 is 0 Å². The summed E-state index contributed by atoms with van der Waals surface area (Å²) in [6.45, 7) is 7.88. The number of rotatable bonds is 2. The minimum Gasteiger partial charge on any atom is -0.377 e. The van der Waals surface area contributed by atoms with Crippen LogP contribution in [0.15, 0.2) is 0 Å². The van der Waals surface area contributed by atoms with Gasteiger partial charge in [-0.15, -0.1) is 0 Å². The Morgan fingerprint density at radius 3 is 2.93 bits per heavy atom. The molecule has 0 aliphatic carbocycles. The van der Waals surface area contributed by atoms with Gasteiger partial charge in [-0.1, -0.05) is 6.92 Å². The van der Waals surface area contributed by atoms with Crippen LogP contribution in [0.2, 0.25) is 0 Å². The Balaban J connectivity index is 2.65. The zero-order chi connectivity index (χ0) is 11.5. The summed E-state index contributed by atoms with van der Waals surface area (Å²) in [5.41, 5.74) is 5.22. The number of hydrogen-bond acceptors (Lipinski definition) is 3. The SMILES string of the molecule is CCC(C)(N)C(=O)N1CCCOC(C)C1. The van der Waals surface area contributed by atoms with E-state index in [0.717, 1.165) is 19.6 Å². The van der Waals surface area contributed by atoms with Crippen LogP contribution in [0.5, 0.6) is 0 Å². The van der Waals surface area contributed by atoms with E-state index in [4.69, 9.17) is 10.5 Å². The molecule has 0 saturated carbocycles. The average molecular weight is 214 g/mol. The maximum Gasteiger partial charge on any atom is 0.242 e. The largest absolute Gasteiger partial charge is 0.377 e. The van der Waals surface area contributed by atoms with Gasteiger partial charge in [0.2, 0.25) is 5.91 Å². The summed E-state index contributed by atoms with van der Waals surface area (Å²) in [5, 5.41) is 0. The van der Waals surface area contributed by atoms with Crippen LogP contribution in [-0.4, -0.2) is 42.1 Å². The summed E-state index contributed by atoms with van der Waals surface area (Å²) < 4.78 is 5.49. The van der Waals surface area contributed by atoms with Gasteiger partial charge in [0, 0.05) is 19.7 Å². The molecule has 1 amide bonds. The third kappa shape index (κ3) is 3.18. The Labute approximate surface area is 91.8 Å². The van der Waals surface area contributed by atoms with Gasteiger partial charge < -0.3 is 15.4 Å². The van der Waals surface area contributed by atoms with E-state index in [0.29, 0.717) is 13.0 Å². The summed E-state index contributed by atoms with van der Waals surface area (Å²) in [6.07, 6.45) is 1.68. The molecule has 0 aromatic heterocycles. The van der Waals surface area contributed by atoms with Crippen molar-refractivity contribution in [1.29, 1.82) is 0 Å². The van der Waals surface area contributed by atoms with E-state index in [2.05, 4.69) is 0 Å². The minimum atomic E-state index is -0.732. The monoisotopic (exact) mass is 214 g/mol. The van der Waals surface area contributed by atoms with Crippen molar-refractivity contribution in [2.45, 2.75) is 45.3 Å². The molecule has 1 aliphatic rings. The molecule has 88 valence electrons. The highest BCUT2D eigenvalue weighted by Crippen LogP contribution is 2.13. The lowest BCUT2D eigenvalue weighted by Gasteiger charge is -2.30. The molecule has 2 N–H and O–H groups in total. The molecule has 1 heterocycles. The predicted molar refractivity (Wildman–Crippen MR) is 59.5 cm³/mol. The molecule has 15 heavy (non-hydrogen) atoms. The van der Waals surface area contributed by atoms with Gasteiger partial charge in [-0.2, -0.15) is 0 Å². The number of carbonyl (C=O) groups excluding carboxylic acids is 1. The maximum atomic E-state index is 12.1. The molecule has 2 atom stereocenters. The third-order valence-electron chi connectivity index (χ3n) is 2.96. The van der Waals surface area contributed by atoms with Crippen LogP contribution in [0.3, 0.4) is 0 Å². The van der Waals surface area contributed by atoms with Gasteiger partial charge in [-0.05, 0) is 26.7 Å². The number of nitrogens with zero attached hydrogens (tertiary/aromatic N) is 1. The fourth-order valence-corrected chi connectivity index (χ4v) is 1.69. The van der Waals surface area contributed by atoms with Gasteiger partial charge in [0.05, 0.1) is 11.6 Å². The van der Waals surface area contributed by atoms with Crippen molar-refractivity contribution in [1.82, 2.24) is 4.90 Å². The van der Waals surface area contributed by atoms with Crippen LogP contribution in [0.1, 0.15) is 33.6 Å². The minimum absolute atomic E-state index is 0.0438. The standard InChI is InChI=1S/C11H22N2O2/c1-4-11(3,12)10(14)13-6-5-7-15-9(2)8-13/h9H,4-8,12H2,1-3H3. The van der Waals surface area contributed by atoms with E-state index < -0.39 is 5.54 Å². The zero-order valence-corrected chi connectivity index (χ0v) is 9.95. The molecule has 0 aromatic carbocycles. The van der Waals surface area contributed by atoms with Crippen LogP contribution in [0.4, 0.5) is 0 Å². The molecule has 1 fully saturated rings. The predicted octanol–water partition coefficient (Wildman–Crippen LogP) is 0.751. The Bertz CT molecular complexity index is 229. The number of carbonyl (C=O) groups is 1. The summed E-state index contributed by atoms with van der Waals surface area (Å²) in [5.74, 6) is 0.0438. The van der Waals surface area contributed by atoms with Crippen molar-refractivity contribution in [3.8, 4) is 0 Å². The van der Waals surface area contributed by atoms with Gasteiger partial charge in [0.1, 0.15) is 0 Å². The normalized spacial score (nSPS) is 26.9. The summed E-state index contributed by atoms with van der Waals surface area (Å²) in [4.78, 5) is 13.9. The highest BCUT2D eigenvalue weighted by atomic mass is 16.5. The lowest BCUT2D eigenvalue weighted by atomic mass is 9.98. The molecule has 0 aromatic rings. The summed E-state index contributed by atoms with van der Waals surface area (Å²) in [6, 6.07) is 0. The van der Waals surface area contributed by atoms with E-state index in [-0.39, 0.29) is 12.0 Å². The molecule has 1 aliphatic heterocycles. The van der Waals surface area contributed by atoms with Crippen LogP contribution in [0.25, 0.3) is 0 Å². The van der Waals surface area contributed by atoms with Crippen molar-refractivity contribution >= 4 is 5.91 Å². The molecule has 0 spiro atoms. The van der Waals surface area contributed by atoms with Gasteiger partial charge in [0.15, 0.2) is 0 Å². The van der Waals surface area contributed by atoms with Crippen LogP contribution < -0.4 is 5.73 Å².